The van der Waals surface area contributed by atoms with Crippen LogP contribution in [0.2, 0.25) is 0 Å². The first-order valence-corrected chi connectivity index (χ1v) is 9.61. The third-order valence-corrected chi connectivity index (χ3v) is 4.50. The van der Waals surface area contributed by atoms with Gasteiger partial charge in [-0.25, -0.2) is 4.79 Å². The van der Waals surface area contributed by atoms with E-state index in [1.54, 1.807) is 36.4 Å². The maximum Gasteiger partial charge on any atom is 0.347 e. The second-order valence-corrected chi connectivity index (χ2v) is 6.70. The van der Waals surface area contributed by atoms with Crippen molar-refractivity contribution in [3.63, 3.8) is 0 Å². The lowest BCUT2D eigenvalue weighted by Crippen LogP contribution is -2.36. The predicted octanol–water partition coefficient (Wildman–Crippen LogP) is 2.34. The molecule has 0 radical (unpaired) electrons. The van der Waals surface area contributed by atoms with E-state index >= 15 is 0 Å². The van der Waals surface area contributed by atoms with Crippen molar-refractivity contribution in [1.29, 1.82) is 5.26 Å². The van der Waals surface area contributed by atoms with Gasteiger partial charge in [0.15, 0.2) is 12.7 Å². The van der Waals surface area contributed by atoms with Crippen molar-refractivity contribution in [1.82, 2.24) is 0 Å². The number of rotatable bonds is 7. The smallest absolute Gasteiger partial charge is 0.347 e. The Hall–Kier alpha value is -3.57. The average molecular weight is 409 g/mol. The number of nitriles is 1. The van der Waals surface area contributed by atoms with Gasteiger partial charge in [0, 0.05) is 24.5 Å². The molecule has 30 heavy (non-hydrogen) atoms. The molecule has 1 unspecified atom stereocenters. The molecule has 0 bridgehead atoms. The maximum atomic E-state index is 12.1. The fourth-order valence-corrected chi connectivity index (χ4v) is 2.89. The van der Waals surface area contributed by atoms with Gasteiger partial charge >= 0.3 is 5.97 Å². The monoisotopic (exact) mass is 409 g/mol. The van der Waals surface area contributed by atoms with Crippen molar-refractivity contribution in [2.24, 2.45) is 0 Å². The topological polar surface area (TPSA) is 101 Å². The fraction of sp³-hybridized carbons (Fsp3) is 0.318. The van der Waals surface area contributed by atoms with E-state index in [9.17, 15) is 9.59 Å². The zero-order valence-corrected chi connectivity index (χ0v) is 16.7. The summed E-state index contributed by atoms with van der Waals surface area (Å²) >= 11 is 0. The standard InChI is InChI=1S/C22H23N3O5/c1-16(30-20-8-2-17(14-23)3-9-20)22(27)29-15-21(26)24-18-4-6-19(7-5-18)25-10-12-28-13-11-25/h2-9,16H,10-13,15H2,1H3,(H,24,26). The highest BCUT2D eigenvalue weighted by Gasteiger charge is 2.18. The Balaban J connectivity index is 1.43. The van der Waals surface area contributed by atoms with Gasteiger partial charge < -0.3 is 24.4 Å². The van der Waals surface area contributed by atoms with Crippen molar-refractivity contribution in [3.8, 4) is 11.8 Å². The molecule has 3 rings (SSSR count). The minimum Gasteiger partial charge on any atom is -0.479 e. The number of anilines is 2. The van der Waals surface area contributed by atoms with E-state index in [1.165, 1.54) is 6.92 Å². The van der Waals surface area contributed by atoms with Crippen LogP contribution < -0.4 is 15.0 Å². The lowest BCUT2D eigenvalue weighted by molar-refractivity contribution is -0.153. The molecule has 0 spiro atoms. The Labute approximate surface area is 174 Å². The second-order valence-electron chi connectivity index (χ2n) is 6.70. The molecular formula is C22H23N3O5. The van der Waals surface area contributed by atoms with Gasteiger partial charge in [0.05, 0.1) is 24.8 Å². The third-order valence-electron chi connectivity index (χ3n) is 4.50. The maximum absolute atomic E-state index is 12.1. The van der Waals surface area contributed by atoms with Gasteiger partial charge in [0.25, 0.3) is 5.91 Å². The Morgan fingerprint density at radius 3 is 2.43 bits per heavy atom. The molecule has 8 heteroatoms. The fourth-order valence-electron chi connectivity index (χ4n) is 2.89. The number of hydrogen-bond donors (Lipinski definition) is 1. The van der Waals surface area contributed by atoms with Crippen LogP contribution in [-0.2, 0) is 19.1 Å². The normalized spacial score (nSPS) is 14.3. The number of amides is 1. The summed E-state index contributed by atoms with van der Waals surface area (Å²) in [5.41, 5.74) is 2.18. The first kappa shape index (κ1) is 21.1. The summed E-state index contributed by atoms with van der Waals surface area (Å²) in [6.07, 6.45) is -0.890. The number of ether oxygens (including phenoxy) is 3. The van der Waals surface area contributed by atoms with Crippen LogP contribution in [0.5, 0.6) is 5.75 Å². The molecule has 0 saturated carbocycles. The van der Waals surface area contributed by atoms with Crippen LogP contribution in [0.3, 0.4) is 0 Å². The zero-order chi connectivity index (χ0) is 21.3. The number of carbonyl (C=O) groups is 2. The van der Waals surface area contributed by atoms with Crippen LogP contribution in [0.4, 0.5) is 11.4 Å². The summed E-state index contributed by atoms with van der Waals surface area (Å²) in [6.45, 7) is 4.21. The van der Waals surface area contributed by atoms with Crippen LogP contribution in [0.15, 0.2) is 48.5 Å². The molecule has 1 aliphatic heterocycles. The van der Waals surface area contributed by atoms with Crippen LogP contribution >= 0.6 is 0 Å². The molecule has 156 valence electrons. The lowest BCUT2D eigenvalue weighted by Gasteiger charge is -2.28. The van der Waals surface area contributed by atoms with Crippen LogP contribution in [0.1, 0.15) is 12.5 Å². The first-order chi connectivity index (χ1) is 14.5. The zero-order valence-electron chi connectivity index (χ0n) is 16.7. The third kappa shape index (κ3) is 5.96. The second kappa shape index (κ2) is 10.3. The Kier molecular flexibility index (Phi) is 7.24. The number of hydrogen-bond acceptors (Lipinski definition) is 7. The molecule has 8 nitrogen and oxygen atoms in total. The lowest BCUT2D eigenvalue weighted by atomic mass is 10.2. The first-order valence-electron chi connectivity index (χ1n) is 9.61. The summed E-state index contributed by atoms with van der Waals surface area (Å²) in [5, 5.41) is 11.5. The van der Waals surface area contributed by atoms with Crippen molar-refractivity contribution < 1.29 is 23.8 Å². The number of nitrogens with zero attached hydrogens (tertiary/aromatic N) is 2. The summed E-state index contributed by atoms with van der Waals surface area (Å²) in [4.78, 5) is 26.3. The molecule has 2 aromatic rings. The largest absolute Gasteiger partial charge is 0.479 e. The number of benzene rings is 2. The van der Waals surface area contributed by atoms with Crippen molar-refractivity contribution in [3.05, 3.63) is 54.1 Å². The molecule has 1 fully saturated rings. The highest BCUT2D eigenvalue weighted by Crippen LogP contribution is 2.19. The van der Waals surface area contributed by atoms with E-state index in [1.807, 2.05) is 18.2 Å². The molecule has 1 aliphatic rings. The molecular weight excluding hydrogens is 386 g/mol. The molecule has 1 amide bonds. The number of esters is 1. The molecule has 0 aromatic heterocycles. The van der Waals surface area contributed by atoms with E-state index in [2.05, 4.69) is 10.2 Å². The number of morpholine rings is 1. The van der Waals surface area contributed by atoms with E-state index in [0.717, 1.165) is 18.8 Å². The summed E-state index contributed by atoms with van der Waals surface area (Å²) in [7, 11) is 0. The minimum absolute atomic E-state index is 0.412. The molecule has 1 heterocycles. The van der Waals surface area contributed by atoms with Gasteiger partial charge in [0.1, 0.15) is 5.75 Å². The minimum atomic E-state index is -0.890. The average Bonchev–Trinajstić information content (AvgIpc) is 2.79. The summed E-state index contributed by atoms with van der Waals surface area (Å²) in [5.74, 6) is -0.659. The van der Waals surface area contributed by atoms with Crippen LogP contribution in [0.25, 0.3) is 0 Å². The quantitative estimate of drug-likeness (QED) is 0.701. The van der Waals surface area contributed by atoms with Crippen molar-refractivity contribution >= 4 is 23.3 Å². The predicted molar refractivity (Wildman–Crippen MR) is 110 cm³/mol. The molecule has 1 atom stereocenters. The highest BCUT2D eigenvalue weighted by molar-refractivity contribution is 5.93. The SMILES string of the molecule is CC(Oc1ccc(C#N)cc1)C(=O)OCC(=O)Nc1ccc(N2CCOCC2)cc1. The van der Waals surface area contributed by atoms with E-state index in [0.29, 0.717) is 30.2 Å². The van der Waals surface area contributed by atoms with Gasteiger partial charge in [-0.2, -0.15) is 5.26 Å². The molecule has 2 aromatic carbocycles. The van der Waals surface area contributed by atoms with Crippen molar-refractivity contribution in [2.75, 3.05) is 43.1 Å². The Morgan fingerprint density at radius 2 is 1.80 bits per heavy atom. The van der Waals surface area contributed by atoms with Gasteiger partial charge in [-0.15, -0.1) is 0 Å². The number of carbonyl (C=O) groups excluding carboxylic acids is 2. The molecule has 0 aliphatic carbocycles. The summed E-state index contributed by atoms with van der Waals surface area (Å²) in [6, 6.07) is 15.8. The Morgan fingerprint density at radius 1 is 1.13 bits per heavy atom. The van der Waals surface area contributed by atoms with E-state index in [4.69, 9.17) is 19.5 Å². The van der Waals surface area contributed by atoms with Gasteiger partial charge in [0.2, 0.25) is 0 Å². The van der Waals surface area contributed by atoms with Crippen molar-refractivity contribution in [2.45, 2.75) is 13.0 Å². The molecule has 1 saturated heterocycles. The highest BCUT2D eigenvalue weighted by atomic mass is 16.6. The van der Waals surface area contributed by atoms with Crippen LogP contribution in [0, 0.1) is 11.3 Å². The Bertz CT molecular complexity index is 900. The van der Waals surface area contributed by atoms with E-state index in [-0.39, 0.29) is 0 Å². The van der Waals surface area contributed by atoms with E-state index < -0.39 is 24.6 Å². The van der Waals surface area contributed by atoms with Gasteiger partial charge in [-0.1, -0.05) is 0 Å². The van der Waals surface area contributed by atoms with Gasteiger partial charge in [-0.3, -0.25) is 4.79 Å². The summed E-state index contributed by atoms with van der Waals surface area (Å²) < 4.78 is 15.8. The number of nitrogens with one attached hydrogen (secondary N) is 1. The van der Waals surface area contributed by atoms with Gasteiger partial charge in [-0.05, 0) is 55.5 Å². The molecule has 1 N–H and O–H groups in total. The van der Waals surface area contributed by atoms with Crippen LogP contribution in [-0.4, -0.2) is 50.9 Å².